The summed E-state index contributed by atoms with van der Waals surface area (Å²) in [5.74, 6) is 2.40. The summed E-state index contributed by atoms with van der Waals surface area (Å²) in [5.41, 5.74) is 6.31. The molecule has 0 amide bonds. The van der Waals surface area contributed by atoms with E-state index >= 15 is 0 Å². The Morgan fingerprint density at radius 1 is 1.22 bits per heavy atom. The fourth-order valence-corrected chi connectivity index (χ4v) is 4.88. The molecule has 3 rings (SSSR count). The van der Waals surface area contributed by atoms with Crippen LogP contribution in [0.3, 0.4) is 0 Å². The number of thioether (sulfide) groups is 1. The summed E-state index contributed by atoms with van der Waals surface area (Å²) in [5, 5.41) is 0. The van der Waals surface area contributed by atoms with Crippen LogP contribution in [0.25, 0.3) is 0 Å². The largest absolute Gasteiger partial charge is 0.374 e. The highest BCUT2D eigenvalue weighted by atomic mass is 32.2. The number of rotatable bonds is 2. The molecule has 2 heterocycles. The van der Waals surface area contributed by atoms with E-state index in [-0.39, 0.29) is 11.6 Å². The molecule has 4 atom stereocenters. The molecule has 3 nitrogen and oxygen atoms in total. The molecule has 0 aromatic carbocycles. The van der Waals surface area contributed by atoms with Crippen molar-refractivity contribution in [2.45, 2.75) is 68.8 Å². The highest BCUT2D eigenvalue weighted by molar-refractivity contribution is 7.99. The maximum absolute atomic E-state index is 6.32. The minimum atomic E-state index is 0.131. The molecule has 4 heteroatoms. The lowest BCUT2D eigenvalue weighted by Gasteiger charge is -2.40. The minimum absolute atomic E-state index is 0.131. The van der Waals surface area contributed by atoms with Gasteiger partial charge in [-0.05, 0) is 31.4 Å². The van der Waals surface area contributed by atoms with E-state index in [1.54, 1.807) is 0 Å². The fraction of sp³-hybridized carbons (Fsp3) is 1.00. The molecule has 18 heavy (non-hydrogen) atoms. The van der Waals surface area contributed by atoms with Gasteiger partial charge in [-0.25, -0.2) is 0 Å². The van der Waals surface area contributed by atoms with Crippen molar-refractivity contribution in [3.63, 3.8) is 0 Å². The van der Waals surface area contributed by atoms with Gasteiger partial charge in [0.15, 0.2) is 0 Å². The van der Waals surface area contributed by atoms with Crippen LogP contribution in [0.1, 0.15) is 44.9 Å². The first kappa shape index (κ1) is 13.2. The maximum atomic E-state index is 6.32. The van der Waals surface area contributed by atoms with Gasteiger partial charge >= 0.3 is 0 Å². The molecule has 4 unspecified atom stereocenters. The number of hydrogen-bond acceptors (Lipinski definition) is 4. The molecule has 2 N–H and O–H groups in total. The normalized spacial score (nSPS) is 45.5. The Bertz CT molecular complexity index is 281. The van der Waals surface area contributed by atoms with Crippen LogP contribution in [0.2, 0.25) is 0 Å². The molecule has 1 aliphatic carbocycles. The van der Waals surface area contributed by atoms with Crippen LogP contribution in [-0.4, -0.2) is 42.0 Å². The zero-order chi connectivity index (χ0) is 12.4. The second-order valence-corrected chi connectivity index (χ2v) is 7.18. The van der Waals surface area contributed by atoms with Crippen LogP contribution in [0.4, 0.5) is 0 Å². The Morgan fingerprint density at radius 2 is 2.11 bits per heavy atom. The van der Waals surface area contributed by atoms with Gasteiger partial charge in [0, 0.05) is 24.8 Å². The van der Waals surface area contributed by atoms with Crippen molar-refractivity contribution in [3.8, 4) is 0 Å². The summed E-state index contributed by atoms with van der Waals surface area (Å²) in [6, 6.07) is 0.260. The van der Waals surface area contributed by atoms with Crippen LogP contribution in [0.5, 0.6) is 0 Å². The molecule has 1 saturated carbocycles. The third kappa shape index (κ3) is 2.87. The van der Waals surface area contributed by atoms with Crippen molar-refractivity contribution in [1.82, 2.24) is 0 Å². The van der Waals surface area contributed by atoms with Gasteiger partial charge in [-0.15, -0.1) is 0 Å². The van der Waals surface area contributed by atoms with Crippen LogP contribution in [-0.2, 0) is 9.47 Å². The van der Waals surface area contributed by atoms with Crippen molar-refractivity contribution in [1.29, 1.82) is 0 Å². The summed E-state index contributed by atoms with van der Waals surface area (Å²) < 4.78 is 12.4. The molecule has 3 fully saturated rings. The summed E-state index contributed by atoms with van der Waals surface area (Å²) in [6.45, 7) is 0.868. The summed E-state index contributed by atoms with van der Waals surface area (Å²) >= 11 is 2.02. The highest BCUT2D eigenvalue weighted by Crippen LogP contribution is 2.39. The Balaban J connectivity index is 1.55. The standard InChI is InChI=1S/C14H25NO2S/c15-12-3-1-2-4-13(12)17-11-5-7-16-14(9-11)6-8-18-10-14/h11-13H,1-10,15H2. The van der Waals surface area contributed by atoms with Crippen molar-refractivity contribution in [3.05, 3.63) is 0 Å². The molecule has 2 aliphatic heterocycles. The minimum Gasteiger partial charge on any atom is -0.374 e. The Hall–Kier alpha value is 0.230. The Morgan fingerprint density at radius 3 is 2.89 bits per heavy atom. The number of ether oxygens (including phenoxy) is 2. The van der Waals surface area contributed by atoms with E-state index in [1.165, 1.54) is 25.0 Å². The van der Waals surface area contributed by atoms with Gasteiger partial charge in [-0.1, -0.05) is 12.8 Å². The number of nitrogens with two attached hydrogens (primary N) is 1. The molecule has 2 saturated heterocycles. The van der Waals surface area contributed by atoms with Crippen LogP contribution in [0.15, 0.2) is 0 Å². The van der Waals surface area contributed by atoms with E-state index in [2.05, 4.69) is 0 Å². The molecular formula is C14H25NO2S. The van der Waals surface area contributed by atoms with Gasteiger partial charge in [0.25, 0.3) is 0 Å². The molecule has 3 aliphatic rings. The molecular weight excluding hydrogens is 246 g/mol. The first-order valence-corrected chi connectivity index (χ1v) is 8.56. The monoisotopic (exact) mass is 271 g/mol. The Labute approximate surface area is 114 Å². The molecule has 104 valence electrons. The van der Waals surface area contributed by atoms with Crippen LogP contribution >= 0.6 is 11.8 Å². The third-order valence-corrected chi connectivity index (χ3v) is 5.86. The summed E-state index contributed by atoms with van der Waals surface area (Å²) in [6.07, 6.45) is 8.86. The van der Waals surface area contributed by atoms with Crippen molar-refractivity contribution >= 4 is 11.8 Å². The topological polar surface area (TPSA) is 44.5 Å². The summed E-state index contributed by atoms with van der Waals surface area (Å²) in [4.78, 5) is 0. The molecule has 1 spiro atoms. The van der Waals surface area contributed by atoms with Crippen molar-refractivity contribution in [2.75, 3.05) is 18.1 Å². The lowest BCUT2D eigenvalue weighted by atomic mass is 9.89. The maximum Gasteiger partial charge on any atom is 0.0805 e. The van der Waals surface area contributed by atoms with Crippen LogP contribution < -0.4 is 5.73 Å². The van der Waals surface area contributed by atoms with Crippen molar-refractivity contribution in [2.24, 2.45) is 5.73 Å². The van der Waals surface area contributed by atoms with Gasteiger partial charge in [0.05, 0.1) is 17.8 Å². The van der Waals surface area contributed by atoms with Crippen molar-refractivity contribution < 1.29 is 9.47 Å². The third-order valence-electron chi connectivity index (χ3n) is 4.64. The SMILES string of the molecule is NC1CCCCC1OC1CCOC2(CCSC2)C1. The predicted octanol–water partition coefficient (Wildman–Crippen LogP) is 2.33. The van der Waals surface area contributed by atoms with E-state index in [9.17, 15) is 0 Å². The second kappa shape index (κ2) is 5.70. The molecule has 0 radical (unpaired) electrons. The van der Waals surface area contributed by atoms with E-state index < -0.39 is 0 Å². The average Bonchev–Trinajstić information content (AvgIpc) is 2.80. The second-order valence-electron chi connectivity index (χ2n) is 6.07. The highest BCUT2D eigenvalue weighted by Gasteiger charge is 2.41. The molecule has 0 aromatic rings. The van der Waals surface area contributed by atoms with E-state index in [1.807, 2.05) is 11.8 Å². The quantitative estimate of drug-likeness (QED) is 0.837. The van der Waals surface area contributed by atoms with E-state index in [0.29, 0.717) is 12.2 Å². The van der Waals surface area contributed by atoms with Gasteiger partial charge in [0.1, 0.15) is 0 Å². The van der Waals surface area contributed by atoms with E-state index in [0.717, 1.165) is 38.0 Å². The van der Waals surface area contributed by atoms with Gasteiger partial charge in [-0.2, -0.15) is 11.8 Å². The van der Waals surface area contributed by atoms with Gasteiger partial charge in [-0.3, -0.25) is 0 Å². The first-order valence-electron chi connectivity index (χ1n) is 7.40. The number of hydrogen-bond donors (Lipinski definition) is 1. The van der Waals surface area contributed by atoms with Gasteiger partial charge in [0.2, 0.25) is 0 Å². The average molecular weight is 271 g/mol. The lowest BCUT2D eigenvalue weighted by molar-refractivity contribution is -0.143. The van der Waals surface area contributed by atoms with Crippen LogP contribution in [0, 0.1) is 0 Å². The summed E-state index contributed by atoms with van der Waals surface area (Å²) in [7, 11) is 0. The zero-order valence-corrected chi connectivity index (χ0v) is 11.9. The lowest BCUT2D eigenvalue weighted by Crippen LogP contribution is -2.47. The smallest absolute Gasteiger partial charge is 0.0805 e. The fourth-order valence-electron chi connectivity index (χ4n) is 3.50. The van der Waals surface area contributed by atoms with Gasteiger partial charge < -0.3 is 15.2 Å². The Kier molecular flexibility index (Phi) is 4.18. The zero-order valence-electron chi connectivity index (χ0n) is 11.1. The first-order chi connectivity index (χ1) is 8.77. The molecule has 0 bridgehead atoms. The predicted molar refractivity (Wildman–Crippen MR) is 75.0 cm³/mol. The molecule has 0 aromatic heterocycles. The van der Waals surface area contributed by atoms with E-state index in [4.69, 9.17) is 15.2 Å².